The van der Waals surface area contributed by atoms with Crippen LogP contribution < -0.4 is 15.2 Å². The number of hydrogen-bond acceptors (Lipinski definition) is 3. The molecule has 2 N–H and O–H groups in total. The molecule has 0 aliphatic rings. The maximum absolute atomic E-state index is 5.68. The van der Waals surface area contributed by atoms with Crippen LogP contribution in [0.1, 0.15) is 19.4 Å². The maximum Gasteiger partial charge on any atom is 0.174 e. The van der Waals surface area contributed by atoms with Crippen molar-refractivity contribution >= 4 is 22.0 Å². The summed E-state index contributed by atoms with van der Waals surface area (Å²) in [6.07, 6.45) is 3.90. The molecule has 0 spiro atoms. The van der Waals surface area contributed by atoms with Crippen molar-refractivity contribution in [3.8, 4) is 11.5 Å². The first-order chi connectivity index (χ1) is 8.08. The monoisotopic (exact) mass is 299 g/mol. The Labute approximate surface area is 111 Å². The number of benzene rings is 1. The second-order valence-corrected chi connectivity index (χ2v) is 4.54. The molecule has 4 heteroatoms. The number of methoxy groups -OCH3 is 1. The Morgan fingerprint density at radius 1 is 1.47 bits per heavy atom. The van der Waals surface area contributed by atoms with Crippen LogP contribution in [-0.2, 0) is 0 Å². The van der Waals surface area contributed by atoms with Crippen LogP contribution in [0.4, 0.5) is 0 Å². The molecule has 0 fully saturated rings. The third-order valence-corrected chi connectivity index (χ3v) is 2.72. The van der Waals surface area contributed by atoms with E-state index in [0.29, 0.717) is 12.4 Å². The van der Waals surface area contributed by atoms with Crippen LogP contribution in [0.5, 0.6) is 11.5 Å². The van der Waals surface area contributed by atoms with Crippen LogP contribution in [0.2, 0.25) is 0 Å². The molecule has 1 rings (SSSR count). The second kappa shape index (κ2) is 6.67. The first-order valence-corrected chi connectivity index (χ1v) is 6.31. The number of hydrogen-bond donors (Lipinski definition) is 1. The molecule has 1 atom stereocenters. The standard InChI is InChI=1S/C13H18BrNO2/c1-4-17-12-8-10(6-5-9(2)15)7-11(14)13(12)16-3/h5-9H,4,15H2,1-3H3/b6-5+. The van der Waals surface area contributed by atoms with Gasteiger partial charge < -0.3 is 15.2 Å². The van der Waals surface area contributed by atoms with E-state index in [4.69, 9.17) is 15.2 Å². The highest BCUT2D eigenvalue weighted by molar-refractivity contribution is 9.10. The molecule has 0 saturated carbocycles. The SMILES string of the molecule is CCOc1cc(/C=C/C(C)N)cc(Br)c1OC. The Morgan fingerprint density at radius 2 is 2.18 bits per heavy atom. The largest absolute Gasteiger partial charge is 0.492 e. The summed E-state index contributed by atoms with van der Waals surface area (Å²) in [5, 5.41) is 0. The summed E-state index contributed by atoms with van der Waals surface area (Å²) in [4.78, 5) is 0. The molecular formula is C13H18BrNO2. The molecule has 0 aromatic heterocycles. The van der Waals surface area contributed by atoms with E-state index in [1.165, 1.54) is 0 Å². The molecule has 0 radical (unpaired) electrons. The van der Waals surface area contributed by atoms with Crippen molar-refractivity contribution in [2.45, 2.75) is 19.9 Å². The fourth-order valence-electron chi connectivity index (χ4n) is 1.41. The fourth-order valence-corrected chi connectivity index (χ4v) is 2.03. The van der Waals surface area contributed by atoms with Crippen molar-refractivity contribution in [1.29, 1.82) is 0 Å². The molecule has 1 aromatic carbocycles. The van der Waals surface area contributed by atoms with Gasteiger partial charge in [0, 0.05) is 6.04 Å². The highest BCUT2D eigenvalue weighted by Gasteiger charge is 2.09. The zero-order valence-corrected chi connectivity index (χ0v) is 12.0. The predicted molar refractivity (Wildman–Crippen MR) is 74.5 cm³/mol. The molecule has 0 bridgehead atoms. The molecule has 0 aliphatic carbocycles. The molecule has 17 heavy (non-hydrogen) atoms. The Bertz CT molecular complexity index is 403. The van der Waals surface area contributed by atoms with Crippen LogP contribution in [0.3, 0.4) is 0 Å². The fraction of sp³-hybridized carbons (Fsp3) is 0.385. The normalized spacial score (nSPS) is 12.8. The van der Waals surface area contributed by atoms with E-state index < -0.39 is 0 Å². The van der Waals surface area contributed by atoms with Crippen molar-refractivity contribution in [3.63, 3.8) is 0 Å². The van der Waals surface area contributed by atoms with Crippen molar-refractivity contribution in [2.75, 3.05) is 13.7 Å². The van der Waals surface area contributed by atoms with Crippen LogP contribution in [0.25, 0.3) is 6.08 Å². The van der Waals surface area contributed by atoms with E-state index in [1.807, 2.05) is 38.1 Å². The average molecular weight is 300 g/mol. The van der Waals surface area contributed by atoms with Crippen LogP contribution in [0, 0.1) is 0 Å². The first-order valence-electron chi connectivity index (χ1n) is 5.52. The smallest absolute Gasteiger partial charge is 0.174 e. The summed E-state index contributed by atoms with van der Waals surface area (Å²) in [6, 6.07) is 3.94. The minimum Gasteiger partial charge on any atom is -0.492 e. The van der Waals surface area contributed by atoms with Crippen LogP contribution >= 0.6 is 15.9 Å². The van der Waals surface area contributed by atoms with Gasteiger partial charge in [0.2, 0.25) is 0 Å². The van der Waals surface area contributed by atoms with E-state index in [-0.39, 0.29) is 6.04 Å². The summed E-state index contributed by atoms with van der Waals surface area (Å²) in [5.74, 6) is 1.44. The van der Waals surface area contributed by atoms with Gasteiger partial charge in [0.25, 0.3) is 0 Å². The van der Waals surface area contributed by atoms with Gasteiger partial charge in [-0.15, -0.1) is 0 Å². The Balaban J connectivity index is 3.10. The highest BCUT2D eigenvalue weighted by Crippen LogP contribution is 2.36. The topological polar surface area (TPSA) is 44.5 Å². The number of rotatable bonds is 5. The van der Waals surface area contributed by atoms with Gasteiger partial charge in [-0.05, 0) is 47.5 Å². The van der Waals surface area contributed by atoms with Crippen molar-refractivity contribution < 1.29 is 9.47 Å². The number of ether oxygens (including phenoxy) is 2. The zero-order chi connectivity index (χ0) is 12.8. The molecule has 1 unspecified atom stereocenters. The minimum atomic E-state index is 0.0337. The third-order valence-electron chi connectivity index (χ3n) is 2.13. The van der Waals surface area contributed by atoms with Crippen molar-refractivity contribution in [3.05, 3.63) is 28.2 Å². The van der Waals surface area contributed by atoms with Gasteiger partial charge in [-0.1, -0.05) is 12.2 Å². The third kappa shape index (κ3) is 4.06. The lowest BCUT2D eigenvalue weighted by Crippen LogP contribution is -2.09. The van der Waals surface area contributed by atoms with Crippen LogP contribution in [0.15, 0.2) is 22.7 Å². The summed E-state index contributed by atoms with van der Waals surface area (Å²) < 4.78 is 11.7. The summed E-state index contributed by atoms with van der Waals surface area (Å²) >= 11 is 3.47. The number of nitrogens with two attached hydrogens (primary N) is 1. The molecule has 0 saturated heterocycles. The average Bonchev–Trinajstić information content (AvgIpc) is 2.26. The minimum absolute atomic E-state index is 0.0337. The van der Waals surface area contributed by atoms with E-state index in [1.54, 1.807) is 7.11 Å². The lowest BCUT2D eigenvalue weighted by Gasteiger charge is -2.12. The van der Waals surface area contributed by atoms with Crippen molar-refractivity contribution in [2.24, 2.45) is 5.73 Å². The van der Waals surface area contributed by atoms with E-state index >= 15 is 0 Å². The number of halogens is 1. The second-order valence-electron chi connectivity index (χ2n) is 3.69. The van der Waals surface area contributed by atoms with Gasteiger partial charge in [-0.3, -0.25) is 0 Å². The molecule has 94 valence electrons. The highest BCUT2D eigenvalue weighted by atomic mass is 79.9. The molecule has 3 nitrogen and oxygen atoms in total. The predicted octanol–water partition coefficient (Wildman–Crippen LogP) is 3.22. The van der Waals surface area contributed by atoms with Gasteiger partial charge in [0.1, 0.15) is 0 Å². The molecule has 0 heterocycles. The Kier molecular flexibility index (Phi) is 5.51. The lowest BCUT2D eigenvalue weighted by atomic mass is 10.1. The summed E-state index contributed by atoms with van der Waals surface area (Å²) in [7, 11) is 1.63. The van der Waals surface area contributed by atoms with Gasteiger partial charge in [0.05, 0.1) is 18.2 Å². The summed E-state index contributed by atoms with van der Waals surface area (Å²) in [5.41, 5.74) is 6.70. The quantitative estimate of drug-likeness (QED) is 0.908. The molecule has 1 aromatic rings. The Morgan fingerprint density at radius 3 is 2.71 bits per heavy atom. The molecule has 0 amide bonds. The first kappa shape index (κ1) is 14.1. The van der Waals surface area contributed by atoms with E-state index in [2.05, 4.69) is 15.9 Å². The van der Waals surface area contributed by atoms with Crippen molar-refractivity contribution in [1.82, 2.24) is 0 Å². The van der Waals surface area contributed by atoms with Gasteiger partial charge in [0.15, 0.2) is 11.5 Å². The van der Waals surface area contributed by atoms with Gasteiger partial charge in [-0.2, -0.15) is 0 Å². The maximum atomic E-state index is 5.68. The van der Waals surface area contributed by atoms with Crippen LogP contribution in [-0.4, -0.2) is 19.8 Å². The van der Waals surface area contributed by atoms with E-state index in [0.717, 1.165) is 15.8 Å². The van der Waals surface area contributed by atoms with Gasteiger partial charge in [-0.25, -0.2) is 0 Å². The van der Waals surface area contributed by atoms with Gasteiger partial charge >= 0.3 is 0 Å². The zero-order valence-electron chi connectivity index (χ0n) is 10.4. The molecule has 0 aliphatic heterocycles. The molecular weight excluding hydrogens is 282 g/mol. The lowest BCUT2D eigenvalue weighted by molar-refractivity contribution is 0.310. The Hall–Kier alpha value is -1.00. The van der Waals surface area contributed by atoms with E-state index in [9.17, 15) is 0 Å². The summed E-state index contributed by atoms with van der Waals surface area (Å²) in [6.45, 7) is 4.47.